The first-order valence-electron chi connectivity index (χ1n) is 41.3. The quantitative estimate of drug-likeness (QED) is 0.0159. The van der Waals surface area contributed by atoms with Crippen LogP contribution in [0, 0.1) is 83.3 Å². The van der Waals surface area contributed by atoms with Crippen LogP contribution in [0.2, 0.25) is 0 Å². The zero-order valence-corrected chi connectivity index (χ0v) is 73.8. The number of aromatic amines is 1. The molecule has 8 N–H and O–H groups in total. The summed E-state index contributed by atoms with van der Waals surface area (Å²) in [4.78, 5) is 74.5. The molecule has 0 aliphatic carbocycles. The highest BCUT2D eigenvalue weighted by atomic mass is 19.1. The number of anilines is 7. The Kier molecular flexibility index (Phi) is 29.0. The molecule has 1 amide bonds. The minimum absolute atomic E-state index is 0.0212. The Balaban J connectivity index is 0.000000139. The van der Waals surface area contributed by atoms with Gasteiger partial charge in [0.25, 0.3) is 11.4 Å². The smallest absolute Gasteiger partial charge is 0.269 e. The molecule has 7 aromatic carbocycles. The summed E-state index contributed by atoms with van der Waals surface area (Å²) < 4.78 is 55.9. The van der Waals surface area contributed by atoms with Crippen molar-refractivity contribution in [1.29, 1.82) is 10.5 Å². The van der Waals surface area contributed by atoms with Crippen molar-refractivity contribution in [3.8, 4) is 69.6 Å². The molecule has 12 heterocycles. The molecule has 0 aliphatic heterocycles. The summed E-state index contributed by atoms with van der Waals surface area (Å²) in [6.45, 7) is 14.4. The number of pyridine rings is 7. The number of likely N-dealkylation sites (N-methyl/N-ethyl adjacent to an activating group) is 1. The average molecular weight is 1810 g/mol. The summed E-state index contributed by atoms with van der Waals surface area (Å²) in [5.74, 6) is 5.72. The number of benzene rings is 7. The molecule has 0 saturated heterocycles. The number of H-pyrrole nitrogens is 1. The van der Waals surface area contributed by atoms with Crippen molar-refractivity contribution in [1.82, 2.24) is 87.9 Å². The van der Waals surface area contributed by atoms with Gasteiger partial charge in [0.1, 0.15) is 107 Å². The molecule has 39 nitrogen and oxygen atoms in total. The number of fused-ring (bicyclic) bond motifs is 7. The van der Waals surface area contributed by atoms with Crippen LogP contribution >= 0.6 is 0 Å². The molecule has 0 spiro atoms. The number of halogens is 1. The summed E-state index contributed by atoms with van der Waals surface area (Å²) >= 11 is 0. The average Bonchev–Trinajstić information content (AvgIpc) is 1.56. The minimum atomic E-state index is -0.549. The summed E-state index contributed by atoms with van der Waals surface area (Å²) in [6.07, 6.45) is 22.6. The van der Waals surface area contributed by atoms with Crippen LogP contribution in [-0.2, 0) is 4.79 Å². The monoisotopic (exact) mass is 1810 g/mol. The standard InChI is InChI=1S/C31H30N8O3.C25H21N7O2.C13H10N4O3.C13H12N4O.C7H6FNO2.C6H5N3O/c1-5-41-28-16-25-24(15-26(28)37-30(40)7-6-11-38(3)4)31(21(17-32)18-33-25)36-22-8-9-27(20(2)13-22)42-23-10-12-39-29(14-23)34-19-35-39;1-3-33-23-11-21-19(10-20(23)27)25(16(12-26)13-28-21)31-17-4-5-22(15(2)8-17)34-18-6-7-32-24(9-18)29-14-30-32;1-9-6-10(17(18)19)2-3-12(9)20-11-4-5-16-13(7-11)14-8-15-16;1-9-6-10(14)2-3-12(9)18-11-4-5-17-13(7-11)15-8-16-17;1-5-4-6(9(10)11)2-3-7(5)8;10-5-1-2-9-6(3-5)7-4-8-9/h6-10,12-16,18-19H,5,11H2,1-4H3,(H,33,36)(H,37,40);4-11,13-14H,3,27H2,1-2H3,(H,28,31);2-8H,1H3;2-8H,14H2,1H3;2-4H,1H3;1-4H,(H,7,8)/b7-6+;;;;;. The Morgan fingerprint density at radius 3 is 1.36 bits per heavy atom. The number of hydrogen-bond donors (Lipinski definition) is 6. The molecule has 0 unspecified atom stereocenters. The summed E-state index contributed by atoms with van der Waals surface area (Å²) in [5, 5.41) is 70.5. The van der Waals surface area contributed by atoms with Gasteiger partial charge in [-0.3, -0.25) is 44.9 Å². The lowest BCUT2D eigenvalue weighted by Gasteiger charge is -2.17. The molecule has 0 bridgehead atoms. The van der Waals surface area contributed by atoms with E-state index in [9.17, 15) is 44.7 Å². The molecule has 0 aliphatic rings. The number of hydrogen-bond acceptors (Lipinski definition) is 30. The van der Waals surface area contributed by atoms with Gasteiger partial charge in [-0.1, -0.05) is 6.08 Å². The number of carbonyl (C=O) groups excluding carboxylic acids is 1. The van der Waals surface area contributed by atoms with E-state index in [-0.39, 0.29) is 22.7 Å². The number of aromatic nitrogens is 17. The van der Waals surface area contributed by atoms with Crippen molar-refractivity contribution >= 4 is 107 Å². The van der Waals surface area contributed by atoms with Crippen LogP contribution in [0.15, 0.2) is 268 Å². The molecule has 12 aromatic heterocycles. The largest absolute Gasteiger partial charge is 0.492 e. The fourth-order valence-corrected chi connectivity index (χ4v) is 13.2. The Morgan fingerprint density at radius 2 is 0.926 bits per heavy atom. The number of nitrogen functional groups attached to an aromatic ring is 2. The van der Waals surface area contributed by atoms with Crippen molar-refractivity contribution < 1.29 is 47.5 Å². The van der Waals surface area contributed by atoms with E-state index in [4.69, 9.17) is 39.9 Å². The predicted molar refractivity (Wildman–Crippen MR) is 504 cm³/mol. The molecule has 40 heteroatoms. The van der Waals surface area contributed by atoms with Crippen LogP contribution < -0.4 is 61.3 Å². The second kappa shape index (κ2) is 42.4. The van der Waals surface area contributed by atoms with E-state index in [2.05, 4.69) is 88.5 Å². The topological polar surface area (TPSA) is 494 Å². The Bertz CT molecular complexity index is 7790. The fraction of sp³-hybridized carbons (Fsp3) is 0.126. The Hall–Kier alpha value is -18.9. The number of carbonyl (C=O) groups is 1. The first-order valence-corrected chi connectivity index (χ1v) is 41.3. The molecule has 19 aromatic rings. The van der Waals surface area contributed by atoms with Crippen LogP contribution in [0.5, 0.6) is 57.5 Å². The number of nitrogens with one attached hydrogen (secondary N) is 4. The van der Waals surface area contributed by atoms with Crippen LogP contribution in [-0.4, -0.2) is 137 Å². The van der Waals surface area contributed by atoms with Crippen molar-refractivity contribution in [3.63, 3.8) is 0 Å². The molecular formula is C95H84FN27O12. The van der Waals surface area contributed by atoms with E-state index in [1.807, 2.05) is 151 Å². The van der Waals surface area contributed by atoms with Gasteiger partial charge in [-0.25, -0.2) is 51.9 Å². The van der Waals surface area contributed by atoms with E-state index < -0.39 is 15.7 Å². The van der Waals surface area contributed by atoms with Gasteiger partial charge in [-0.15, -0.1) is 0 Å². The number of non-ortho nitro benzene ring substituents is 2. The number of nitriles is 2. The number of aryl methyl sites for hydroxylation is 5. The number of nitrogens with zero attached hydrogens (tertiary/aromatic N) is 21. The maximum atomic E-state index is 12.7. The number of nitrogens with two attached hydrogens (primary N) is 2. The first-order chi connectivity index (χ1) is 65.2. The van der Waals surface area contributed by atoms with Crippen molar-refractivity contribution in [3.05, 3.63) is 338 Å². The third-order valence-electron chi connectivity index (χ3n) is 19.8. The third-order valence-corrected chi connectivity index (χ3v) is 19.8. The molecule has 0 atom stereocenters. The Morgan fingerprint density at radius 1 is 0.496 bits per heavy atom. The SMILES string of the molecule is CCOc1cc2ncc(C#N)c(Nc3ccc(Oc4ccn5ncnc5c4)c(C)c3)c2cc1N.CCOc1cc2ncc(C#N)c(Nc3ccc(Oc4ccn5ncnc5c4)c(C)c3)c2cc1NC(=O)/C=C/CN(C)C.Cc1cc(N)ccc1Oc1ccn2ncnc2c1.Cc1cc([N+](=O)[O-])ccc1F.Cc1cc([N+](=O)[O-])ccc1Oc1ccn2ncnc2c1.O=c1ccn2[nH]cnc2c1. The lowest BCUT2D eigenvalue weighted by atomic mass is 10.1. The predicted octanol–water partition coefficient (Wildman–Crippen LogP) is 17.6. The minimum Gasteiger partial charge on any atom is -0.492 e. The molecule has 678 valence electrons. The van der Waals surface area contributed by atoms with Gasteiger partial charge in [0.05, 0.1) is 68.0 Å². The lowest BCUT2D eigenvalue weighted by Crippen LogP contribution is -2.13. The highest BCUT2D eigenvalue weighted by molar-refractivity contribution is 6.05. The normalized spacial score (nSPS) is 10.8. The first kappa shape index (κ1) is 92.3. The second-order valence-corrected chi connectivity index (χ2v) is 29.8. The van der Waals surface area contributed by atoms with E-state index >= 15 is 0 Å². The van der Waals surface area contributed by atoms with Crippen LogP contribution in [0.1, 0.15) is 52.8 Å². The van der Waals surface area contributed by atoms with Gasteiger partial charge < -0.3 is 60.7 Å². The van der Waals surface area contributed by atoms with Gasteiger partial charge >= 0.3 is 0 Å². The van der Waals surface area contributed by atoms with Crippen molar-refractivity contribution in [2.45, 2.75) is 48.5 Å². The summed E-state index contributed by atoms with van der Waals surface area (Å²) in [6, 6.07) is 53.8. The Labute approximate surface area is 766 Å². The maximum Gasteiger partial charge on any atom is 0.269 e. The van der Waals surface area contributed by atoms with Crippen molar-refractivity contribution in [2.75, 3.05) is 61.3 Å². The molecule has 19 rings (SSSR count). The highest BCUT2D eigenvalue weighted by Gasteiger charge is 2.20. The third kappa shape index (κ3) is 23.4. The molecule has 0 saturated carbocycles. The van der Waals surface area contributed by atoms with E-state index in [1.165, 1.54) is 81.2 Å². The molecule has 135 heavy (non-hydrogen) atoms. The number of nitro benzene ring substituents is 2. The van der Waals surface area contributed by atoms with Gasteiger partial charge in [-0.2, -0.15) is 30.9 Å². The number of nitro groups is 2. The lowest BCUT2D eigenvalue weighted by molar-refractivity contribution is -0.385. The van der Waals surface area contributed by atoms with E-state index in [0.717, 1.165) is 68.4 Å². The molecule has 0 radical (unpaired) electrons. The van der Waals surface area contributed by atoms with Gasteiger partial charge in [-0.05, 0) is 194 Å². The fourth-order valence-electron chi connectivity index (χ4n) is 13.2. The second-order valence-electron chi connectivity index (χ2n) is 29.8. The van der Waals surface area contributed by atoms with Gasteiger partial charge in [0.15, 0.2) is 33.7 Å². The highest BCUT2D eigenvalue weighted by Crippen LogP contribution is 2.40. The van der Waals surface area contributed by atoms with Crippen molar-refractivity contribution in [2.24, 2.45) is 0 Å². The van der Waals surface area contributed by atoms with Crippen LogP contribution in [0.4, 0.5) is 55.6 Å². The summed E-state index contributed by atoms with van der Waals surface area (Å²) in [5.41, 5.74) is 25.6. The van der Waals surface area contributed by atoms with Gasteiger partial charge in [0, 0.05) is 157 Å². The zero-order valence-electron chi connectivity index (χ0n) is 73.8. The maximum absolute atomic E-state index is 12.7. The van der Waals surface area contributed by atoms with Crippen LogP contribution in [0.25, 0.3) is 50.0 Å². The van der Waals surface area contributed by atoms with E-state index in [1.54, 1.807) is 109 Å². The number of rotatable bonds is 22. The summed E-state index contributed by atoms with van der Waals surface area (Å²) in [7, 11) is 3.85. The van der Waals surface area contributed by atoms with E-state index in [0.29, 0.717) is 150 Å². The number of ether oxygens (including phenoxy) is 6. The number of amides is 1. The zero-order chi connectivity index (χ0) is 95.3. The van der Waals surface area contributed by atoms with Crippen LogP contribution in [0.3, 0.4) is 0 Å². The molecule has 0 fully saturated rings. The molecular weight excluding hydrogens is 1730 g/mol. The van der Waals surface area contributed by atoms with Gasteiger partial charge in [0.2, 0.25) is 5.91 Å².